The van der Waals surface area contributed by atoms with Crippen LogP contribution in [0, 0.1) is 5.92 Å². The van der Waals surface area contributed by atoms with Gasteiger partial charge in [-0.2, -0.15) is 13.2 Å². The average molecular weight is 300 g/mol. The second kappa shape index (κ2) is 6.26. The van der Waals surface area contributed by atoms with Crippen LogP contribution in [0.1, 0.15) is 37.8 Å². The molecule has 1 saturated heterocycles. The third-order valence-electron chi connectivity index (χ3n) is 4.17. The van der Waals surface area contributed by atoms with Crippen molar-refractivity contribution in [2.75, 3.05) is 18.0 Å². The second-order valence-corrected chi connectivity index (χ2v) is 6.03. The Kier molecular flexibility index (Phi) is 4.81. The summed E-state index contributed by atoms with van der Waals surface area (Å²) in [6, 6.07) is 4.38. The zero-order chi connectivity index (χ0) is 15.6. The van der Waals surface area contributed by atoms with Crippen molar-refractivity contribution in [2.24, 2.45) is 11.7 Å². The van der Waals surface area contributed by atoms with Gasteiger partial charge in [0.2, 0.25) is 0 Å². The third-order valence-corrected chi connectivity index (χ3v) is 4.17. The molecule has 2 unspecified atom stereocenters. The van der Waals surface area contributed by atoms with E-state index in [1.54, 1.807) is 19.1 Å². The van der Waals surface area contributed by atoms with Gasteiger partial charge in [-0.3, -0.25) is 0 Å². The molecule has 2 rings (SSSR count). The highest BCUT2D eigenvalue weighted by Crippen LogP contribution is 2.36. The van der Waals surface area contributed by atoms with Crippen molar-refractivity contribution in [3.05, 3.63) is 29.3 Å². The van der Waals surface area contributed by atoms with Crippen LogP contribution in [0.15, 0.2) is 18.2 Å². The van der Waals surface area contributed by atoms with E-state index in [1.165, 1.54) is 6.07 Å². The Morgan fingerprint density at radius 1 is 1.38 bits per heavy atom. The maximum atomic E-state index is 13.2. The lowest BCUT2D eigenvalue weighted by molar-refractivity contribution is -0.138. The monoisotopic (exact) mass is 300 g/mol. The van der Waals surface area contributed by atoms with Crippen LogP contribution in [0.25, 0.3) is 0 Å². The summed E-state index contributed by atoms with van der Waals surface area (Å²) in [5.41, 5.74) is 6.07. The summed E-state index contributed by atoms with van der Waals surface area (Å²) in [5, 5.41) is 0. The molecule has 2 nitrogen and oxygen atoms in total. The molecule has 118 valence electrons. The van der Waals surface area contributed by atoms with Crippen molar-refractivity contribution in [1.82, 2.24) is 0 Å². The molecule has 5 heteroatoms. The van der Waals surface area contributed by atoms with Gasteiger partial charge >= 0.3 is 6.18 Å². The Morgan fingerprint density at radius 2 is 2.10 bits per heavy atom. The van der Waals surface area contributed by atoms with Crippen molar-refractivity contribution in [1.29, 1.82) is 0 Å². The first kappa shape index (κ1) is 16.1. The normalized spacial score (nSPS) is 20.9. The minimum absolute atomic E-state index is 0.243. The smallest absolute Gasteiger partial charge is 0.371 e. The molecule has 1 aliphatic rings. The molecule has 1 heterocycles. The van der Waals surface area contributed by atoms with E-state index in [2.05, 4.69) is 11.8 Å². The van der Waals surface area contributed by atoms with Gasteiger partial charge in [-0.15, -0.1) is 0 Å². The van der Waals surface area contributed by atoms with Gasteiger partial charge in [0, 0.05) is 24.8 Å². The van der Waals surface area contributed by atoms with Gasteiger partial charge < -0.3 is 10.6 Å². The molecule has 21 heavy (non-hydrogen) atoms. The predicted molar refractivity (Wildman–Crippen MR) is 79.4 cm³/mol. The Bertz CT molecular complexity index is 483. The van der Waals surface area contributed by atoms with Crippen LogP contribution in [0.3, 0.4) is 0 Å². The Hall–Kier alpha value is -1.23. The number of rotatable bonds is 4. The Morgan fingerprint density at radius 3 is 2.62 bits per heavy atom. The summed E-state index contributed by atoms with van der Waals surface area (Å²) in [6.07, 6.45) is -1.96. The highest BCUT2D eigenvalue weighted by atomic mass is 19.4. The van der Waals surface area contributed by atoms with E-state index in [4.69, 9.17) is 5.73 Å². The number of hydrogen-bond donors (Lipinski definition) is 1. The van der Waals surface area contributed by atoms with Gasteiger partial charge in [0.25, 0.3) is 0 Å². The van der Waals surface area contributed by atoms with E-state index in [1.807, 2.05) is 0 Å². The van der Waals surface area contributed by atoms with Gasteiger partial charge in [0.05, 0.1) is 5.56 Å². The highest BCUT2D eigenvalue weighted by molar-refractivity contribution is 5.53. The second-order valence-electron chi connectivity index (χ2n) is 6.03. The number of anilines is 1. The van der Waals surface area contributed by atoms with E-state index >= 15 is 0 Å². The predicted octanol–water partition coefficient (Wildman–Crippen LogP) is 3.83. The summed E-state index contributed by atoms with van der Waals surface area (Å²) in [4.78, 5) is 2.05. The molecule has 1 aromatic rings. The third kappa shape index (κ3) is 3.90. The van der Waals surface area contributed by atoms with Gasteiger partial charge in [-0.1, -0.05) is 19.4 Å². The lowest BCUT2D eigenvalue weighted by atomic mass is 9.99. The van der Waals surface area contributed by atoms with Crippen LogP contribution >= 0.6 is 0 Å². The summed E-state index contributed by atoms with van der Waals surface area (Å²) < 4.78 is 39.7. The lowest BCUT2D eigenvalue weighted by Gasteiger charge is -2.22. The van der Waals surface area contributed by atoms with Crippen molar-refractivity contribution < 1.29 is 13.2 Å². The number of nitrogens with zero attached hydrogens (tertiary/aromatic N) is 1. The van der Waals surface area contributed by atoms with E-state index in [0.717, 1.165) is 25.9 Å². The van der Waals surface area contributed by atoms with Crippen molar-refractivity contribution in [3.8, 4) is 0 Å². The molecule has 1 aliphatic heterocycles. The minimum Gasteiger partial charge on any atom is -0.371 e. The molecule has 2 N–H and O–H groups in total. The van der Waals surface area contributed by atoms with Crippen LogP contribution < -0.4 is 10.6 Å². The SMILES string of the molecule is CCC1CCN(c2ccc(CC(C)N)c(C(F)(F)F)c2)C1. The molecular weight excluding hydrogens is 277 g/mol. The lowest BCUT2D eigenvalue weighted by Crippen LogP contribution is -2.23. The minimum atomic E-state index is -4.33. The van der Waals surface area contributed by atoms with Gasteiger partial charge in [-0.05, 0) is 43.4 Å². The van der Waals surface area contributed by atoms with Gasteiger partial charge in [-0.25, -0.2) is 0 Å². The topological polar surface area (TPSA) is 29.3 Å². The molecule has 0 amide bonds. The molecule has 0 bridgehead atoms. The van der Waals surface area contributed by atoms with Gasteiger partial charge in [0.15, 0.2) is 0 Å². The molecule has 0 aromatic heterocycles. The molecule has 0 saturated carbocycles. The number of halogens is 3. The van der Waals surface area contributed by atoms with Crippen LogP contribution in [0.4, 0.5) is 18.9 Å². The molecule has 1 aromatic carbocycles. The fourth-order valence-electron chi connectivity index (χ4n) is 2.95. The molecule has 0 spiro atoms. The maximum Gasteiger partial charge on any atom is 0.416 e. The largest absolute Gasteiger partial charge is 0.416 e. The Labute approximate surface area is 124 Å². The number of hydrogen-bond acceptors (Lipinski definition) is 2. The number of benzene rings is 1. The van der Waals surface area contributed by atoms with Crippen LogP contribution in [-0.2, 0) is 12.6 Å². The zero-order valence-corrected chi connectivity index (χ0v) is 12.6. The fourth-order valence-corrected chi connectivity index (χ4v) is 2.95. The summed E-state index contributed by atoms with van der Waals surface area (Å²) >= 11 is 0. The maximum absolute atomic E-state index is 13.2. The quantitative estimate of drug-likeness (QED) is 0.915. The Balaban J connectivity index is 2.29. The summed E-state index contributed by atoms with van der Waals surface area (Å²) in [5.74, 6) is 0.586. The van der Waals surface area contributed by atoms with E-state index < -0.39 is 11.7 Å². The van der Waals surface area contributed by atoms with Crippen molar-refractivity contribution in [3.63, 3.8) is 0 Å². The molecule has 0 radical (unpaired) electrons. The molecule has 0 aliphatic carbocycles. The molecule has 2 atom stereocenters. The van der Waals surface area contributed by atoms with Gasteiger partial charge in [0.1, 0.15) is 0 Å². The molecule has 1 fully saturated rings. The molecular formula is C16H23F3N2. The first-order valence-corrected chi connectivity index (χ1v) is 7.52. The average Bonchev–Trinajstić information content (AvgIpc) is 2.86. The summed E-state index contributed by atoms with van der Waals surface area (Å²) in [6.45, 7) is 5.53. The van der Waals surface area contributed by atoms with Crippen molar-refractivity contribution in [2.45, 2.75) is 45.3 Å². The standard InChI is InChI=1S/C16H23F3N2/c1-3-12-6-7-21(10-12)14-5-4-13(8-11(2)20)15(9-14)16(17,18)19/h4-5,9,11-12H,3,6-8,10,20H2,1-2H3. The van der Waals surface area contributed by atoms with Crippen molar-refractivity contribution >= 4 is 5.69 Å². The van der Waals surface area contributed by atoms with E-state index in [0.29, 0.717) is 11.6 Å². The number of alkyl halides is 3. The van der Waals surface area contributed by atoms with Crippen LogP contribution in [0.5, 0.6) is 0 Å². The first-order valence-electron chi connectivity index (χ1n) is 7.52. The highest BCUT2D eigenvalue weighted by Gasteiger charge is 2.34. The fraction of sp³-hybridized carbons (Fsp3) is 0.625. The van der Waals surface area contributed by atoms with Crippen LogP contribution in [0.2, 0.25) is 0 Å². The summed E-state index contributed by atoms with van der Waals surface area (Å²) in [7, 11) is 0. The first-order chi connectivity index (χ1) is 9.81. The zero-order valence-electron chi connectivity index (χ0n) is 12.6. The van der Waals surface area contributed by atoms with Crippen LogP contribution in [-0.4, -0.2) is 19.1 Å². The van der Waals surface area contributed by atoms with E-state index in [-0.39, 0.29) is 18.0 Å². The number of nitrogens with two attached hydrogens (primary N) is 1. The van der Waals surface area contributed by atoms with E-state index in [9.17, 15) is 13.2 Å².